The highest BCUT2D eigenvalue weighted by atomic mass is 16.6. The van der Waals surface area contributed by atoms with Gasteiger partial charge >= 0.3 is 17.9 Å². The molecule has 0 aliphatic carbocycles. The average Bonchev–Trinajstić information content (AvgIpc) is 3.37. The third-order valence-electron chi connectivity index (χ3n) is 10.4. The predicted molar refractivity (Wildman–Crippen MR) is 306 cm³/mol. The molecule has 1 unspecified atom stereocenters. The highest BCUT2D eigenvalue weighted by Gasteiger charge is 2.19. The number of allylic oxidation sites excluding steroid dienone is 32. The molecule has 0 aliphatic heterocycles. The Hall–Kier alpha value is -5.75. The monoisotopic (exact) mass is 971 g/mol. The Morgan fingerprint density at radius 2 is 0.620 bits per heavy atom. The molecule has 0 fully saturated rings. The maximum Gasteiger partial charge on any atom is 0.306 e. The van der Waals surface area contributed by atoms with Gasteiger partial charge in [0.15, 0.2) is 6.10 Å². The zero-order valence-corrected chi connectivity index (χ0v) is 44.4. The lowest BCUT2D eigenvalue weighted by atomic mass is 10.1. The van der Waals surface area contributed by atoms with Crippen molar-refractivity contribution < 1.29 is 28.6 Å². The molecule has 1 atom stereocenters. The van der Waals surface area contributed by atoms with E-state index in [1.807, 2.05) is 109 Å². The largest absolute Gasteiger partial charge is 0.462 e. The molecule has 0 aromatic carbocycles. The van der Waals surface area contributed by atoms with Gasteiger partial charge in [-0.3, -0.25) is 14.4 Å². The molecular weight excluding hydrogens is 877 g/mol. The van der Waals surface area contributed by atoms with E-state index in [4.69, 9.17) is 14.2 Å². The summed E-state index contributed by atoms with van der Waals surface area (Å²) in [4.78, 5) is 38.1. The van der Waals surface area contributed by atoms with E-state index in [1.165, 1.54) is 6.42 Å². The fraction of sp³-hybridized carbons (Fsp3) is 0.462. The van der Waals surface area contributed by atoms with Crippen LogP contribution in [0.5, 0.6) is 0 Å². The molecule has 390 valence electrons. The summed E-state index contributed by atoms with van der Waals surface area (Å²) in [5.41, 5.74) is 0. The van der Waals surface area contributed by atoms with Crippen LogP contribution in [0.2, 0.25) is 0 Å². The fourth-order valence-corrected chi connectivity index (χ4v) is 6.39. The van der Waals surface area contributed by atoms with Crippen molar-refractivity contribution in [3.8, 4) is 0 Å². The zero-order valence-electron chi connectivity index (χ0n) is 44.4. The first-order valence-corrected chi connectivity index (χ1v) is 27.1. The molecule has 0 saturated carbocycles. The molecule has 0 heterocycles. The maximum atomic E-state index is 12.8. The molecule has 0 radical (unpaired) electrons. The molecule has 0 bridgehead atoms. The van der Waals surface area contributed by atoms with Gasteiger partial charge in [0.1, 0.15) is 13.2 Å². The Kier molecular flexibility index (Phi) is 52.2. The van der Waals surface area contributed by atoms with E-state index < -0.39 is 6.10 Å². The van der Waals surface area contributed by atoms with Gasteiger partial charge in [0, 0.05) is 19.3 Å². The van der Waals surface area contributed by atoms with Crippen LogP contribution < -0.4 is 0 Å². The summed E-state index contributed by atoms with van der Waals surface area (Å²) < 4.78 is 16.8. The van der Waals surface area contributed by atoms with E-state index in [1.54, 1.807) is 0 Å². The predicted octanol–water partition coefficient (Wildman–Crippen LogP) is 18.3. The summed E-state index contributed by atoms with van der Waals surface area (Å²) >= 11 is 0. The van der Waals surface area contributed by atoms with E-state index >= 15 is 0 Å². The first kappa shape index (κ1) is 65.2. The first-order valence-electron chi connectivity index (χ1n) is 27.1. The lowest BCUT2D eigenvalue weighted by molar-refractivity contribution is -0.167. The van der Waals surface area contributed by atoms with Gasteiger partial charge in [-0.25, -0.2) is 0 Å². The molecule has 0 aromatic heterocycles. The Balaban J connectivity index is 4.67. The number of hydrogen-bond acceptors (Lipinski definition) is 6. The van der Waals surface area contributed by atoms with Crippen molar-refractivity contribution in [2.45, 2.75) is 181 Å². The summed E-state index contributed by atoms with van der Waals surface area (Å²) in [5.74, 6) is -1.05. The van der Waals surface area contributed by atoms with Gasteiger partial charge in [-0.05, 0) is 96.3 Å². The van der Waals surface area contributed by atoms with Gasteiger partial charge in [-0.15, -0.1) is 0 Å². The number of hydrogen-bond donors (Lipinski definition) is 0. The Bertz CT molecular complexity index is 1780. The van der Waals surface area contributed by atoms with E-state index in [9.17, 15) is 14.4 Å². The SMILES string of the molecule is CC\C=C/C=C\C=C/C=C\C=C\C=C/C=C\CCCCCC(=O)OCC(COC(=O)CCCCC/C=C\C/C=C\C/C=C\C/C=C\CC)OC(=O)CCCCCCC\C=C/C=C\C=C/C=C\C=C/CCC. The minimum atomic E-state index is -0.838. The third kappa shape index (κ3) is 55.1. The van der Waals surface area contributed by atoms with Crippen molar-refractivity contribution in [1.82, 2.24) is 0 Å². The summed E-state index contributed by atoms with van der Waals surface area (Å²) in [6.07, 6.45) is 86.8. The molecule has 6 nitrogen and oxygen atoms in total. The molecule has 0 spiro atoms. The summed E-state index contributed by atoms with van der Waals surface area (Å²) in [7, 11) is 0. The average molecular weight is 971 g/mol. The number of ether oxygens (including phenoxy) is 3. The normalized spacial score (nSPS) is 13.7. The van der Waals surface area contributed by atoms with Crippen LogP contribution in [0.3, 0.4) is 0 Å². The van der Waals surface area contributed by atoms with Crippen molar-refractivity contribution in [3.05, 3.63) is 194 Å². The van der Waals surface area contributed by atoms with Gasteiger partial charge in [0.2, 0.25) is 0 Å². The van der Waals surface area contributed by atoms with E-state index in [-0.39, 0.29) is 44.0 Å². The molecule has 0 saturated heterocycles. The first-order chi connectivity index (χ1) is 35.0. The Labute approximate surface area is 433 Å². The second-order valence-electron chi connectivity index (χ2n) is 17.0. The van der Waals surface area contributed by atoms with Gasteiger partial charge < -0.3 is 14.2 Å². The van der Waals surface area contributed by atoms with Crippen molar-refractivity contribution in [3.63, 3.8) is 0 Å². The van der Waals surface area contributed by atoms with Crippen LogP contribution in [0.15, 0.2) is 194 Å². The zero-order chi connectivity index (χ0) is 51.4. The van der Waals surface area contributed by atoms with Crippen molar-refractivity contribution in [1.29, 1.82) is 0 Å². The molecular formula is C65H94O6. The van der Waals surface area contributed by atoms with E-state index in [0.717, 1.165) is 116 Å². The van der Waals surface area contributed by atoms with Crippen LogP contribution in [0.4, 0.5) is 0 Å². The number of carbonyl (C=O) groups is 3. The third-order valence-corrected chi connectivity index (χ3v) is 10.4. The summed E-state index contributed by atoms with van der Waals surface area (Å²) in [6.45, 7) is 6.17. The molecule has 0 rings (SSSR count). The number of rotatable bonds is 45. The molecule has 71 heavy (non-hydrogen) atoms. The van der Waals surface area contributed by atoms with E-state index in [2.05, 4.69) is 106 Å². The van der Waals surface area contributed by atoms with Crippen LogP contribution in [0, 0.1) is 0 Å². The fourth-order valence-electron chi connectivity index (χ4n) is 6.39. The van der Waals surface area contributed by atoms with Gasteiger partial charge in [-0.2, -0.15) is 0 Å². The Morgan fingerprint density at radius 1 is 0.310 bits per heavy atom. The smallest absolute Gasteiger partial charge is 0.306 e. The number of esters is 3. The quantitative estimate of drug-likeness (QED) is 0.0199. The minimum absolute atomic E-state index is 0.133. The molecule has 0 N–H and O–H groups in total. The van der Waals surface area contributed by atoms with Gasteiger partial charge in [-0.1, -0.05) is 254 Å². The lowest BCUT2D eigenvalue weighted by Crippen LogP contribution is -2.30. The highest BCUT2D eigenvalue weighted by molar-refractivity contribution is 5.71. The second kappa shape index (κ2) is 56.8. The summed E-state index contributed by atoms with van der Waals surface area (Å²) in [6, 6.07) is 0. The van der Waals surface area contributed by atoms with Crippen molar-refractivity contribution >= 4 is 17.9 Å². The van der Waals surface area contributed by atoms with Crippen molar-refractivity contribution in [2.24, 2.45) is 0 Å². The van der Waals surface area contributed by atoms with Crippen LogP contribution >= 0.6 is 0 Å². The van der Waals surface area contributed by atoms with Crippen LogP contribution in [-0.2, 0) is 28.6 Å². The topological polar surface area (TPSA) is 78.9 Å². The summed E-state index contributed by atoms with van der Waals surface area (Å²) in [5, 5.41) is 0. The molecule has 0 aliphatic rings. The Morgan fingerprint density at radius 3 is 1.04 bits per heavy atom. The van der Waals surface area contributed by atoms with Crippen molar-refractivity contribution in [2.75, 3.05) is 13.2 Å². The van der Waals surface area contributed by atoms with Crippen LogP contribution in [0.25, 0.3) is 0 Å². The minimum Gasteiger partial charge on any atom is -0.462 e. The maximum absolute atomic E-state index is 12.8. The number of unbranched alkanes of at least 4 members (excludes halogenated alkanes) is 12. The number of carbonyl (C=O) groups excluding carboxylic acids is 3. The van der Waals surface area contributed by atoms with Gasteiger partial charge in [0.05, 0.1) is 0 Å². The lowest BCUT2D eigenvalue weighted by Gasteiger charge is -2.18. The van der Waals surface area contributed by atoms with Gasteiger partial charge in [0.25, 0.3) is 0 Å². The molecule has 0 amide bonds. The standard InChI is InChI=1S/C65H94O6/c1-4-7-10-13-16-19-22-25-28-31-33-35-37-40-43-46-49-52-55-58-64(67)70-61-62(60-69-63(66)57-54-51-48-45-42-39-36-30-27-24-21-18-15-12-9-6-3)71-65(68)59-56-53-50-47-44-41-38-34-32-29-26-23-20-17-14-11-8-5-2/h7,9-14,16-23,25-35,37-40,42-43,62H,4-6,8,15,24,36,41,44-61H2,1-3H3/b10-7-,12-9-,14-11-,16-13-,20-17-,21-18-,22-19-,26-23-,28-25-,30-27-,32-29-,33-31+,37-35-,38-34-,42-39-,43-40-. The molecule has 0 aromatic rings. The second-order valence-corrected chi connectivity index (χ2v) is 17.0. The van der Waals surface area contributed by atoms with E-state index in [0.29, 0.717) is 19.3 Å². The van der Waals surface area contributed by atoms with Crippen LogP contribution in [0.1, 0.15) is 175 Å². The molecule has 6 heteroatoms. The van der Waals surface area contributed by atoms with Crippen LogP contribution in [-0.4, -0.2) is 37.2 Å². The highest BCUT2D eigenvalue weighted by Crippen LogP contribution is 2.12.